The lowest BCUT2D eigenvalue weighted by atomic mass is 9.99. The summed E-state index contributed by atoms with van der Waals surface area (Å²) in [5.74, 6) is -0.223. The van der Waals surface area contributed by atoms with Crippen molar-refractivity contribution in [2.75, 3.05) is 11.9 Å². The lowest BCUT2D eigenvalue weighted by Gasteiger charge is -2.19. The molecule has 1 aromatic heterocycles. The number of anilines is 1. The van der Waals surface area contributed by atoms with Crippen LogP contribution < -0.4 is 10.6 Å². The van der Waals surface area contributed by atoms with Crippen molar-refractivity contribution >= 4 is 17.3 Å². The third-order valence-corrected chi connectivity index (χ3v) is 3.56. The fraction of sp³-hybridized carbons (Fsp3) is 0.188. The van der Waals surface area contributed by atoms with Gasteiger partial charge in [-0.05, 0) is 31.2 Å². The minimum absolute atomic E-state index is 0.223. The summed E-state index contributed by atoms with van der Waals surface area (Å²) in [5.41, 5.74) is 10.3. The minimum Gasteiger partial charge on any atom is -0.312 e. The first-order valence-corrected chi connectivity index (χ1v) is 6.70. The van der Waals surface area contributed by atoms with Crippen LogP contribution in [0, 0.1) is 6.92 Å². The Labute approximate surface area is 123 Å². The Kier molecular flexibility index (Phi) is 3.27. The Balaban J connectivity index is 2.27. The van der Waals surface area contributed by atoms with Crippen LogP contribution in [0.25, 0.3) is 0 Å². The number of aryl methyl sites for hydroxylation is 1. The molecule has 106 valence electrons. The second-order valence-electron chi connectivity index (χ2n) is 5.08. The van der Waals surface area contributed by atoms with E-state index in [1.54, 1.807) is 24.3 Å². The highest BCUT2D eigenvalue weighted by Crippen LogP contribution is 2.27. The smallest absolute Gasteiger partial charge is 0.266 e. The molecule has 0 saturated carbocycles. The van der Waals surface area contributed by atoms with E-state index < -0.39 is 6.17 Å². The Bertz CT molecular complexity index is 724. The molecule has 3 rings (SSSR count). The molecule has 0 fully saturated rings. The highest BCUT2D eigenvalue weighted by atomic mass is 16.2. The third-order valence-electron chi connectivity index (χ3n) is 3.56. The van der Waals surface area contributed by atoms with Gasteiger partial charge in [0.05, 0.1) is 11.4 Å². The van der Waals surface area contributed by atoms with Crippen molar-refractivity contribution in [1.82, 2.24) is 4.98 Å². The van der Waals surface area contributed by atoms with Gasteiger partial charge in [0.2, 0.25) is 0 Å². The maximum Gasteiger partial charge on any atom is 0.266 e. The lowest BCUT2D eigenvalue weighted by Crippen LogP contribution is -2.39. The van der Waals surface area contributed by atoms with Gasteiger partial charge in [0.25, 0.3) is 5.91 Å². The number of benzodiazepines with no additional fused rings is 1. The van der Waals surface area contributed by atoms with Crippen LogP contribution in [0.2, 0.25) is 0 Å². The summed E-state index contributed by atoms with van der Waals surface area (Å²) in [4.78, 5) is 22.4. The van der Waals surface area contributed by atoms with Crippen molar-refractivity contribution in [3.8, 4) is 0 Å². The summed E-state index contributed by atoms with van der Waals surface area (Å²) in [6, 6.07) is 9.67. The molecular weight excluding hydrogens is 264 g/mol. The van der Waals surface area contributed by atoms with Gasteiger partial charge < -0.3 is 10.6 Å². The van der Waals surface area contributed by atoms with Gasteiger partial charge in [-0.3, -0.25) is 14.8 Å². The van der Waals surface area contributed by atoms with E-state index in [0.29, 0.717) is 5.71 Å². The minimum atomic E-state index is -0.905. The molecule has 0 aliphatic carbocycles. The Morgan fingerprint density at radius 1 is 1.29 bits per heavy atom. The van der Waals surface area contributed by atoms with Crippen LogP contribution >= 0.6 is 0 Å². The van der Waals surface area contributed by atoms with E-state index >= 15 is 0 Å². The normalized spacial score (nSPS) is 18.0. The first kappa shape index (κ1) is 13.5. The van der Waals surface area contributed by atoms with Crippen LogP contribution in [0.5, 0.6) is 0 Å². The number of likely N-dealkylation sites (N-methyl/N-ethyl adjacent to an activating group) is 1. The largest absolute Gasteiger partial charge is 0.312 e. The van der Waals surface area contributed by atoms with Gasteiger partial charge in [-0.15, -0.1) is 0 Å². The standard InChI is InChI=1S/C16H16N4O/c1-10-5-6-13-12(8-10)14(11-4-3-7-18-9-11)19-15(17)16(21)20(13)2/h3-9,15H,17H2,1-2H3. The zero-order chi connectivity index (χ0) is 15.0. The van der Waals surface area contributed by atoms with E-state index in [9.17, 15) is 4.79 Å². The second kappa shape index (κ2) is 5.10. The fourth-order valence-electron chi connectivity index (χ4n) is 2.45. The van der Waals surface area contributed by atoms with Crippen molar-refractivity contribution in [1.29, 1.82) is 0 Å². The molecule has 1 aliphatic rings. The molecule has 5 nitrogen and oxygen atoms in total. The van der Waals surface area contributed by atoms with E-state index in [0.717, 1.165) is 22.4 Å². The molecule has 5 heteroatoms. The quantitative estimate of drug-likeness (QED) is 0.860. The van der Waals surface area contributed by atoms with Crippen LogP contribution in [0.1, 0.15) is 16.7 Å². The summed E-state index contributed by atoms with van der Waals surface area (Å²) >= 11 is 0. The topological polar surface area (TPSA) is 71.6 Å². The van der Waals surface area contributed by atoms with Crippen LogP contribution in [0.15, 0.2) is 47.7 Å². The van der Waals surface area contributed by atoms with Gasteiger partial charge in [-0.2, -0.15) is 0 Å². The van der Waals surface area contributed by atoms with Crippen LogP contribution in [0.4, 0.5) is 5.69 Å². The molecule has 2 aromatic rings. The molecule has 0 spiro atoms. The highest BCUT2D eigenvalue weighted by molar-refractivity contribution is 6.19. The van der Waals surface area contributed by atoms with Crippen molar-refractivity contribution < 1.29 is 4.79 Å². The Hall–Kier alpha value is -2.53. The zero-order valence-corrected chi connectivity index (χ0v) is 11.9. The molecule has 0 radical (unpaired) electrons. The number of aromatic nitrogens is 1. The SMILES string of the molecule is Cc1ccc2c(c1)C(c1cccnc1)=NC(N)C(=O)N2C. The Morgan fingerprint density at radius 2 is 2.10 bits per heavy atom. The van der Waals surface area contributed by atoms with E-state index in [1.807, 2.05) is 37.3 Å². The number of amides is 1. The molecule has 0 bridgehead atoms. The van der Waals surface area contributed by atoms with Crippen LogP contribution in [-0.4, -0.2) is 29.8 Å². The monoisotopic (exact) mass is 280 g/mol. The van der Waals surface area contributed by atoms with Crippen molar-refractivity contribution in [2.45, 2.75) is 13.1 Å². The van der Waals surface area contributed by atoms with Gasteiger partial charge >= 0.3 is 0 Å². The van der Waals surface area contributed by atoms with E-state index in [4.69, 9.17) is 5.73 Å². The number of pyridine rings is 1. The maximum absolute atomic E-state index is 12.2. The number of hydrogen-bond donors (Lipinski definition) is 1. The number of hydrogen-bond acceptors (Lipinski definition) is 4. The number of carbonyl (C=O) groups excluding carboxylic acids is 1. The fourth-order valence-corrected chi connectivity index (χ4v) is 2.45. The molecule has 1 atom stereocenters. The van der Waals surface area contributed by atoms with Crippen molar-refractivity contribution in [3.63, 3.8) is 0 Å². The molecular formula is C16H16N4O. The van der Waals surface area contributed by atoms with Crippen LogP contribution in [0.3, 0.4) is 0 Å². The lowest BCUT2D eigenvalue weighted by molar-refractivity contribution is -0.119. The van der Waals surface area contributed by atoms with Gasteiger partial charge in [-0.25, -0.2) is 0 Å². The molecule has 0 saturated heterocycles. The molecule has 2 N–H and O–H groups in total. The molecule has 1 amide bonds. The van der Waals surface area contributed by atoms with Gasteiger partial charge in [-0.1, -0.05) is 11.6 Å². The number of rotatable bonds is 1. The molecule has 2 heterocycles. The summed E-state index contributed by atoms with van der Waals surface area (Å²) in [5, 5.41) is 0. The number of benzene rings is 1. The average molecular weight is 280 g/mol. The summed E-state index contributed by atoms with van der Waals surface area (Å²) in [7, 11) is 1.72. The average Bonchev–Trinajstić information content (AvgIpc) is 2.59. The van der Waals surface area contributed by atoms with Gasteiger partial charge in [0, 0.05) is 30.6 Å². The predicted molar refractivity (Wildman–Crippen MR) is 82.4 cm³/mol. The first-order valence-electron chi connectivity index (χ1n) is 6.70. The molecule has 1 aliphatic heterocycles. The highest BCUT2D eigenvalue weighted by Gasteiger charge is 2.27. The number of nitrogens with two attached hydrogens (primary N) is 1. The van der Waals surface area contributed by atoms with E-state index in [1.165, 1.54) is 0 Å². The number of aliphatic imine (C=N–C) groups is 1. The van der Waals surface area contributed by atoms with Crippen molar-refractivity contribution in [2.24, 2.45) is 10.7 Å². The summed E-state index contributed by atoms with van der Waals surface area (Å²) in [6.45, 7) is 2.01. The van der Waals surface area contributed by atoms with Gasteiger partial charge in [0.15, 0.2) is 6.17 Å². The second-order valence-corrected chi connectivity index (χ2v) is 5.08. The maximum atomic E-state index is 12.2. The van der Waals surface area contributed by atoms with Crippen LogP contribution in [-0.2, 0) is 4.79 Å². The molecule has 1 unspecified atom stereocenters. The first-order chi connectivity index (χ1) is 10.1. The predicted octanol–water partition coefficient (Wildman–Crippen LogP) is 1.49. The number of nitrogens with zero attached hydrogens (tertiary/aromatic N) is 3. The number of fused-ring (bicyclic) bond motifs is 1. The summed E-state index contributed by atoms with van der Waals surface area (Å²) < 4.78 is 0. The van der Waals surface area contributed by atoms with E-state index in [-0.39, 0.29) is 5.91 Å². The van der Waals surface area contributed by atoms with Crippen molar-refractivity contribution in [3.05, 3.63) is 59.4 Å². The number of carbonyl (C=O) groups is 1. The summed E-state index contributed by atoms with van der Waals surface area (Å²) in [6.07, 6.45) is 2.53. The molecule has 1 aromatic carbocycles. The Morgan fingerprint density at radius 3 is 2.81 bits per heavy atom. The third kappa shape index (κ3) is 2.32. The van der Waals surface area contributed by atoms with Gasteiger partial charge in [0.1, 0.15) is 0 Å². The zero-order valence-electron chi connectivity index (χ0n) is 11.9. The van der Waals surface area contributed by atoms with E-state index in [2.05, 4.69) is 9.98 Å². The molecule has 21 heavy (non-hydrogen) atoms.